The van der Waals surface area contributed by atoms with Crippen LogP contribution in [0.25, 0.3) is 0 Å². The minimum absolute atomic E-state index is 0.0153. The highest BCUT2D eigenvalue weighted by molar-refractivity contribution is 6.08. The summed E-state index contributed by atoms with van der Waals surface area (Å²) in [5, 5.41) is 0. The highest BCUT2D eigenvalue weighted by Crippen LogP contribution is 2.43. The van der Waals surface area contributed by atoms with E-state index in [-0.39, 0.29) is 23.9 Å². The van der Waals surface area contributed by atoms with Crippen molar-refractivity contribution in [1.29, 1.82) is 0 Å². The molecule has 1 aliphatic heterocycles. The van der Waals surface area contributed by atoms with E-state index in [2.05, 4.69) is 6.92 Å². The molecule has 2 amide bonds. The van der Waals surface area contributed by atoms with E-state index in [0.717, 1.165) is 23.4 Å². The van der Waals surface area contributed by atoms with Crippen molar-refractivity contribution >= 4 is 23.2 Å². The van der Waals surface area contributed by atoms with Crippen molar-refractivity contribution < 1.29 is 14.3 Å². The highest BCUT2D eigenvalue weighted by Gasteiger charge is 2.39. The average Bonchev–Trinajstić information content (AvgIpc) is 2.84. The number of benzene rings is 3. The zero-order valence-electron chi connectivity index (χ0n) is 18.7. The van der Waals surface area contributed by atoms with Crippen LogP contribution in [0.2, 0.25) is 0 Å². The van der Waals surface area contributed by atoms with Crippen molar-refractivity contribution in [2.75, 3.05) is 16.9 Å². The molecule has 1 aliphatic rings. The van der Waals surface area contributed by atoms with Gasteiger partial charge >= 0.3 is 0 Å². The molecule has 0 aliphatic carbocycles. The smallest absolute Gasteiger partial charge is 0.258 e. The van der Waals surface area contributed by atoms with Crippen LogP contribution in [0.15, 0.2) is 78.9 Å². The second kappa shape index (κ2) is 9.27. The third kappa shape index (κ3) is 3.98. The van der Waals surface area contributed by atoms with Gasteiger partial charge in [0.2, 0.25) is 5.91 Å². The van der Waals surface area contributed by atoms with Crippen LogP contribution in [0, 0.1) is 0 Å². The molecule has 4 rings (SSSR count). The molecule has 0 aromatic heterocycles. The number of para-hydroxylation sites is 2. The zero-order chi connectivity index (χ0) is 22.7. The van der Waals surface area contributed by atoms with E-state index in [1.807, 2.05) is 82.6 Å². The molecule has 3 aromatic rings. The molecule has 3 aromatic carbocycles. The molecule has 0 spiro atoms. The maximum Gasteiger partial charge on any atom is 0.258 e. The Morgan fingerprint density at radius 2 is 1.72 bits per heavy atom. The number of fused-ring (bicyclic) bond motifs is 1. The molecular formula is C27H28N2O3. The van der Waals surface area contributed by atoms with Crippen molar-refractivity contribution in [3.05, 3.63) is 90.0 Å². The fourth-order valence-electron chi connectivity index (χ4n) is 4.61. The van der Waals surface area contributed by atoms with Gasteiger partial charge in [0.1, 0.15) is 5.75 Å². The lowest BCUT2D eigenvalue weighted by molar-refractivity contribution is -0.117. The first-order chi connectivity index (χ1) is 15.5. The van der Waals surface area contributed by atoms with Crippen LogP contribution in [0.1, 0.15) is 48.7 Å². The molecule has 0 fully saturated rings. The Hall–Kier alpha value is -3.60. The molecular weight excluding hydrogens is 400 g/mol. The first-order valence-electron chi connectivity index (χ1n) is 11.0. The Balaban J connectivity index is 1.80. The molecule has 0 radical (unpaired) electrons. The van der Waals surface area contributed by atoms with Gasteiger partial charge in [-0.1, -0.05) is 49.4 Å². The number of amides is 2. The van der Waals surface area contributed by atoms with Gasteiger partial charge in [-0.2, -0.15) is 0 Å². The Bertz CT molecular complexity index is 1110. The quantitative estimate of drug-likeness (QED) is 0.530. The topological polar surface area (TPSA) is 49.9 Å². The van der Waals surface area contributed by atoms with Crippen LogP contribution in [0.5, 0.6) is 5.75 Å². The minimum Gasteiger partial charge on any atom is -0.497 e. The van der Waals surface area contributed by atoms with Gasteiger partial charge in [0, 0.05) is 29.9 Å². The van der Waals surface area contributed by atoms with E-state index in [9.17, 15) is 9.59 Å². The molecule has 2 atom stereocenters. The van der Waals surface area contributed by atoms with Gasteiger partial charge < -0.3 is 14.5 Å². The molecule has 0 unspecified atom stereocenters. The lowest BCUT2D eigenvalue weighted by atomic mass is 9.87. The van der Waals surface area contributed by atoms with Gasteiger partial charge in [-0.15, -0.1) is 0 Å². The predicted octanol–water partition coefficient (Wildman–Crippen LogP) is 5.62. The molecule has 32 heavy (non-hydrogen) atoms. The van der Waals surface area contributed by atoms with Crippen LogP contribution in [0.4, 0.5) is 11.4 Å². The summed E-state index contributed by atoms with van der Waals surface area (Å²) >= 11 is 0. The fraction of sp³-hybridized carbons (Fsp3) is 0.259. The minimum atomic E-state index is -0.148. The Labute approximate surface area is 189 Å². The van der Waals surface area contributed by atoms with Crippen molar-refractivity contribution in [3.8, 4) is 5.75 Å². The van der Waals surface area contributed by atoms with Crippen LogP contribution in [0.3, 0.4) is 0 Å². The van der Waals surface area contributed by atoms with Gasteiger partial charge in [-0.05, 0) is 54.8 Å². The van der Waals surface area contributed by atoms with Crippen molar-refractivity contribution in [1.82, 2.24) is 0 Å². The molecule has 5 nitrogen and oxygen atoms in total. The number of carbonyl (C=O) groups excluding carboxylic acids is 2. The summed E-state index contributed by atoms with van der Waals surface area (Å²) in [6.07, 6.45) is 1.44. The Kier molecular flexibility index (Phi) is 6.26. The maximum absolute atomic E-state index is 13.7. The summed E-state index contributed by atoms with van der Waals surface area (Å²) < 4.78 is 5.32. The van der Waals surface area contributed by atoms with Crippen molar-refractivity contribution in [3.63, 3.8) is 0 Å². The second-order valence-corrected chi connectivity index (χ2v) is 8.00. The zero-order valence-corrected chi connectivity index (χ0v) is 18.7. The maximum atomic E-state index is 13.7. The summed E-state index contributed by atoms with van der Waals surface area (Å²) in [7, 11) is 1.60. The van der Waals surface area contributed by atoms with Gasteiger partial charge in [0.05, 0.1) is 13.2 Å². The number of methoxy groups -OCH3 is 1. The monoisotopic (exact) mass is 428 g/mol. The van der Waals surface area contributed by atoms with Crippen LogP contribution in [-0.2, 0) is 4.79 Å². The standard InChI is InChI=1S/C27H28N2O3/c1-4-21-18-26(28(19(2)30)22-12-6-5-7-13-22)24-15-8-9-16-25(24)29(21)27(31)20-11-10-14-23(17-20)32-3/h5-17,21,26H,4,18H2,1-3H3/t21-,26+/m1/s1. The summed E-state index contributed by atoms with van der Waals surface area (Å²) in [6, 6.07) is 24.7. The van der Waals surface area contributed by atoms with E-state index in [1.54, 1.807) is 20.1 Å². The first kappa shape index (κ1) is 21.6. The van der Waals surface area contributed by atoms with Crippen LogP contribution >= 0.6 is 0 Å². The van der Waals surface area contributed by atoms with E-state index in [0.29, 0.717) is 17.7 Å². The van der Waals surface area contributed by atoms with Gasteiger partial charge in [-0.3, -0.25) is 9.59 Å². The summed E-state index contributed by atoms with van der Waals surface area (Å²) in [5.41, 5.74) is 3.28. The fourth-order valence-corrected chi connectivity index (χ4v) is 4.61. The van der Waals surface area contributed by atoms with Gasteiger partial charge in [0.15, 0.2) is 0 Å². The van der Waals surface area contributed by atoms with E-state index >= 15 is 0 Å². The van der Waals surface area contributed by atoms with Gasteiger partial charge in [0.25, 0.3) is 5.91 Å². The third-order valence-corrected chi connectivity index (χ3v) is 6.11. The molecule has 164 valence electrons. The van der Waals surface area contributed by atoms with Crippen LogP contribution < -0.4 is 14.5 Å². The molecule has 0 saturated heterocycles. The first-order valence-corrected chi connectivity index (χ1v) is 11.0. The number of rotatable bonds is 5. The number of nitrogens with zero attached hydrogens (tertiary/aromatic N) is 2. The second-order valence-electron chi connectivity index (χ2n) is 8.00. The molecule has 0 bridgehead atoms. The number of carbonyl (C=O) groups is 2. The lowest BCUT2D eigenvalue weighted by Gasteiger charge is -2.44. The predicted molar refractivity (Wildman–Crippen MR) is 127 cm³/mol. The summed E-state index contributed by atoms with van der Waals surface area (Å²) in [6.45, 7) is 3.69. The number of hydrogen-bond donors (Lipinski definition) is 0. The van der Waals surface area contributed by atoms with E-state index < -0.39 is 0 Å². The largest absolute Gasteiger partial charge is 0.497 e. The Morgan fingerprint density at radius 3 is 2.41 bits per heavy atom. The van der Waals surface area contributed by atoms with E-state index in [4.69, 9.17) is 4.74 Å². The van der Waals surface area contributed by atoms with Crippen LogP contribution in [-0.4, -0.2) is 25.0 Å². The number of anilines is 2. The van der Waals surface area contributed by atoms with E-state index in [1.165, 1.54) is 0 Å². The average molecular weight is 429 g/mol. The molecule has 5 heteroatoms. The SMILES string of the molecule is CC[C@@H]1C[C@H](N(C(C)=O)c2ccccc2)c2ccccc2N1C(=O)c1cccc(OC)c1. The summed E-state index contributed by atoms with van der Waals surface area (Å²) in [4.78, 5) is 30.2. The summed E-state index contributed by atoms with van der Waals surface area (Å²) in [5.74, 6) is 0.577. The van der Waals surface area contributed by atoms with Crippen molar-refractivity contribution in [2.45, 2.75) is 38.8 Å². The van der Waals surface area contributed by atoms with Gasteiger partial charge in [-0.25, -0.2) is 0 Å². The number of hydrogen-bond acceptors (Lipinski definition) is 3. The molecule has 0 N–H and O–H groups in total. The highest BCUT2D eigenvalue weighted by atomic mass is 16.5. The normalized spacial score (nSPS) is 17.4. The molecule has 0 saturated carbocycles. The van der Waals surface area contributed by atoms with Crippen molar-refractivity contribution in [2.24, 2.45) is 0 Å². The lowest BCUT2D eigenvalue weighted by Crippen LogP contribution is -2.48. The third-order valence-electron chi connectivity index (χ3n) is 6.11. The number of ether oxygens (including phenoxy) is 1. The molecule has 1 heterocycles. The Morgan fingerprint density at radius 1 is 1.00 bits per heavy atom.